The first kappa shape index (κ1) is 16.7. The van der Waals surface area contributed by atoms with E-state index in [1.165, 1.54) is 19.1 Å². The van der Waals surface area contributed by atoms with Gasteiger partial charge in [-0.2, -0.15) is 5.10 Å². The summed E-state index contributed by atoms with van der Waals surface area (Å²) in [5, 5.41) is 7.15. The van der Waals surface area contributed by atoms with Gasteiger partial charge in [0, 0.05) is 18.4 Å². The number of hydrogen-bond acceptors (Lipinski definition) is 4. The van der Waals surface area contributed by atoms with Crippen molar-refractivity contribution in [3.8, 4) is 11.3 Å². The summed E-state index contributed by atoms with van der Waals surface area (Å²) >= 11 is 0. The van der Waals surface area contributed by atoms with Crippen LogP contribution in [0, 0.1) is 0 Å². The molecule has 0 saturated heterocycles. The summed E-state index contributed by atoms with van der Waals surface area (Å²) in [6.07, 6.45) is 5.40. The molecule has 0 radical (unpaired) electrons. The Bertz CT molecular complexity index is 705. The van der Waals surface area contributed by atoms with Crippen molar-refractivity contribution in [3.63, 3.8) is 0 Å². The molecule has 0 fully saturated rings. The Morgan fingerprint density at radius 3 is 2.50 bits per heavy atom. The summed E-state index contributed by atoms with van der Waals surface area (Å²) in [5.41, 5.74) is 3.01. The fourth-order valence-electron chi connectivity index (χ4n) is 2.35. The zero-order valence-corrected chi connectivity index (χ0v) is 14.2. The Labute approximate surface area is 132 Å². The third kappa shape index (κ3) is 4.18. The first-order valence-corrected chi connectivity index (χ1v) is 9.32. The third-order valence-corrected chi connectivity index (χ3v) is 4.75. The molecule has 0 saturated carbocycles. The smallest absolute Gasteiger partial charge is 0.175 e. The predicted octanol–water partition coefficient (Wildman–Crippen LogP) is 2.71. The summed E-state index contributed by atoms with van der Waals surface area (Å²) in [6.45, 7) is 4.05. The van der Waals surface area contributed by atoms with Gasteiger partial charge in [0.05, 0.1) is 16.8 Å². The highest BCUT2D eigenvalue weighted by Crippen LogP contribution is 2.23. The summed E-state index contributed by atoms with van der Waals surface area (Å²) < 4.78 is 23.0. The van der Waals surface area contributed by atoms with Crippen molar-refractivity contribution < 1.29 is 8.42 Å². The Hall–Kier alpha value is -1.66. The molecular weight excluding hydrogens is 298 g/mol. The molecule has 1 aromatic carbocycles. The van der Waals surface area contributed by atoms with Crippen LogP contribution in [0.15, 0.2) is 35.4 Å². The molecule has 22 heavy (non-hydrogen) atoms. The van der Waals surface area contributed by atoms with E-state index < -0.39 is 9.84 Å². The van der Waals surface area contributed by atoms with Gasteiger partial charge in [0.1, 0.15) is 0 Å². The van der Waals surface area contributed by atoms with Gasteiger partial charge in [0.25, 0.3) is 0 Å². The van der Waals surface area contributed by atoms with Gasteiger partial charge in [-0.1, -0.05) is 25.5 Å². The van der Waals surface area contributed by atoms with Crippen LogP contribution in [0.2, 0.25) is 0 Å². The number of unbranched alkanes of at least 4 members (excludes halogenated alkanes) is 1. The van der Waals surface area contributed by atoms with Crippen LogP contribution in [-0.4, -0.2) is 43.4 Å². The van der Waals surface area contributed by atoms with Gasteiger partial charge in [-0.15, -0.1) is 0 Å². The van der Waals surface area contributed by atoms with Crippen LogP contribution in [0.1, 0.15) is 25.3 Å². The number of aromatic amines is 1. The highest BCUT2D eigenvalue weighted by molar-refractivity contribution is 7.90. The molecule has 2 rings (SSSR count). The summed E-state index contributed by atoms with van der Waals surface area (Å²) in [4.78, 5) is 2.60. The van der Waals surface area contributed by atoms with Gasteiger partial charge in [-0.05, 0) is 37.7 Å². The van der Waals surface area contributed by atoms with E-state index in [0.29, 0.717) is 4.90 Å². The predicted molar refractivity (Wildman–Crippen MR) is 88.4 cm³/mol. The molecule has 0 atom stereocenters. The van der Waals surface area contributed by atoms with E-state index in [4.69, 9.17) is 0 Å². The maximum Gasteiger partial charge on any atom is 0.175 e. The number of sulfone groups is 1. The van der Waals surface area contributed by atoms with Crippen molar-refractivity contribution in [2.24, 2.45) is 0 Å². The fourth-order valence-corrected chi connectivity index (χ4v) is 2.98. The van der Waals surface area contributed by atoms with Crippen molar-refractivity contribution in [2.75, 3.05) is 19.8 Å². The molecule has 1 heterocycles. The first-order chi connectivity index (χ1) is 10.4. The van der Waals surface area contributed by atoms with Gasteiger partial charge in [-0.25, -0.2) is 8.42 Å². The highest BCUT2D eigenvalue weighted by Gasteiger charge is 2.12. The lowest BCUT2D eigenvalue weighted by atomic mass is 10.1. The molecule has 0 aliphatic rings. The van der Waals surface area contributed by atoms with Crippen LogP contribution >= 0.6 is 0 Å². The maximum atomic E-state index is 11.5. The van der Waals surface area contributed by atoms with Crippen LogP contribution in [0.3, 0.4) is 0 Å². The lowest BCUT2D eigenvalue weighted by molar-refractivity contribution is 0.321. The number of benzene rings is 1. The Kier molecular flexibility index (Phi) is 5.37. The van der Waals surface area contributed by atoms with Crippen molar-refractivity contribution >= 4 is 9.84 Å². The second-order valence-electron chi connectivity index (χ2n) is 5.66. The zero-order valence-electron chi connectivity index (χ0n) is 13.3. The van der Waals surface area contributed by atoms with E-state index in [9.17, 15) is 8.42 Å². The summed E-state index contributed by atoms with van der Waals surface area (Å²) in [5.74, 6) is 0. The molecule has 1 aromatic heterocycles. The second kappa shape index (κ2) is 7.07. The van der Waals surface area contributed by atoms with Gasteiger partial charge in [0.15, 0.2) is 9.84 Å². The van der Waals surface area contributed by atoms with Gasteiger partial charge in [0.2, 0.25) is 0 Å². The SMILES string of the molecule is CCCCN(C)Cc1cn[nH]c1-c1ccc(S(C)(=O)=O)cc1. The molecule has 0 aliphatic heterocycles. The second-order valence-corrected chi connectivity index (χ2v) is 7.67. The number of H-pyrrole nitrogens is 1. The van der Waals surface area contributed by atoms with Crippen LogP contribution in [0.5, 0.6) is 0 Å². The molecule has 0 unspecified atom stereocenters. The minimum absolute atomic E-state index is 0.331. The highest BCUT2D eigenvalue weighted by atomic mass is 32.2. The fraction of sp³-hybridized carbons (Fsp3) is 0.438. The monoisotopic (exact) mass is 321 g/mol. The summed E-state index contributed by atoms with van der Waals surface area (Å²) in [6, 6.07) is 6.91. The number of hydrogen-bond donors (Lipinski definition) is 1. The number of rotatable bonds is 7. The minimum atomic E-state index is -3.16. The van der Waals surface area contributed by atoms with Crippen LogP contribution < -0.4 is 0 Å². The molecule has 0 aliphatic carbocycles. The normalized spacial score (nSPS) is 12.0. The van der Waals surface area contributed by atoms with E-state index in [-0.39, 0.29) is 0 Å². The van der Waals surface area contributed by atoms with E-state index >= 15 is 0 Å². The quantitative estimate of drug-likeness (QED) is 0.851. The average molecular weight is 321 g/mol. The lowest BCUT2D eigenvalue weighted by Gasteiger charge is -2.16. The van der Waals surface area contributed by atoms with Crippen molar-refractivity contribution in [1.29, 1.82) is 0 Å². The minimum Gasteiger partial charge on any atom is -0.302 e. The Morgan fingerprint density at radius 1 is 1.23 bits per heavy atom. The van der Waals surface area contributed by atoms with E-state index in [2.05, 4.69) is 29.1 Å². The maximum absolute atomic E-state index is 11.5. The molecule has 120 valence electrons. The van der Waals surface area contributed by atoms with Crippen molar-refractivity contribution in [3.05, 3.63) is 36.0 Å². The van der Waals surface area contributed by atoms with Crippen molar-refractivity contribution in [2.45, 2.75) is 31.2 Å². The number of nitrogens with one attached hydrogen (secondary N) is 1. The van der Waals surface area contributed by atoms with Gasteiger partial charge in [-0.3, -0.25) is 5.10 Å². The molecule has 0 spiro atoms. The van der Waals surface area contributed by atoms with E-state index in [1.54, 1.807) is 12.1 Å². The Morgan fingerprint density at radius 2 is 1.91 bits per heavy atom. The van der Waals surface area contributed by atoms with E-state index in [1.807, 2.05) is 18.3 Å². The van der Waals surface area contributed by atoms with Crippen molar-refractivity contribution in [1.82, 2.24) is 15.1 Å². The number of aromatic nitrogens is 2. The Balaban J connectivity index is 2.18. The zero-order chi connectivity index (χ0) is 16.2. The lowest BCUT2D eigenvalue weighted by Crippen LogP contribution is -2.19. The molecule has 0 amide bonds. The average Bonchev–Trinajstić information content (AvgIpc) is 2.92. The molecule has 6 heteroatoms. The molecular formula is C16H23N3O2S. The molecule has 2 aromatic rings. The first-order valence-electron chi connectivity index (χ1n) is 7.43. The topological polar surface area (TPSA) is 66.1 Å². The molecule has 5 nitrogen and oxygen atoms in total. The van der Waals surface area contributed by atoms with Gasteiger partial charge >= 0.3 is 0 Å². The third-order valence-electron chi connectivity index (χ3n) is 3.62. The molecule has 1 N–H and O–H groups in total. The van der Waals surface area contributed by atoms with Crippen LogP contribution in [-0.2, 0) is 16.4 Å². The molecule has 0 bridgehead atoms. The largest absolute Gasteiger partial charge is 0.302 e. The van der Waals surface area contributed by atoms with Crippen LogP contribution in [0.4, 0.5) is 0 Å². The van der Waals surface area contributed by atoms with Gasteiger partial charge < -0.3 is 4.90 Å². The standard InChI is InChI=1S/C16H23N3O2S/c1-4-5-10-19(2)12-14-11-17-18-16(14)13-6-8-15(9-7-13)22(3,20)21/h6-9,11H,4-5,10,12H2,1-3H3,(H,17,18). The summed E-state index contributed by atoms with van der Waals surface area (Å²) in [7, 11) is -1.07. The van der Waals surface area contributed by atoms with Crippen LogP contribution in [0.25, 0.3) is 11.3 Å². The number of nitrogens with zero attached hydrogens (tertiary/aromatic N) is 2. The van der Waals surface area contributed by atoms with E-state index in [0.717, 1.165) is 29.9 Å².